The number of H-pyrrole nitrogens is 1. The molecule has 206 valence electrons. The summed E-state index contributed by atoms with van der Waals surface area (Å²) in [5, 5.41) is 16.0. The summed E-state index contributed by atoms with van der Waals surface area (Å²) >= 11 is 0. The highest BCUT2D eigenvalue weighted by atomic mass is 19.4. The molecule has 10 nitrogen and oxygen atoms in total. The molecule has 16 heteroatoms. The molecule has 0 aromatic carbocycles. The van der Waals surface area contributed by atoms with E-state index in [1.807, 2.05) is 6.92 Å². The van der Waals surface area contributed by atoms with Gasteiger partial charge in [0.05, 0.1) is 11.9 Å². The summed E-state index contributed by atoms with van der Waals surface area (Å²) in [6.07, 6.45) is -7.76. The fourth-order valence-corrected chi connectivity index (χ4v) is 4.29. The van der Waals surface area contributed by atoms with Crippen LogP contribution in [0.5, 0.6) is 0 Å². The van der Waals surface area contributed by atoms with E-state index in [1.165, 1.54) is 12.1 Å². The average molecular weight is 547 g/mol. The second-order valence-electron chi connectivity index (χ2n) is 9.61. The van der Waals surface area contributed by atoms with Gasteiger partial charge >= 0.3 is 12.5 Å². The van der Waals surface area contributed by atoms with Crippen LogP contribution in [0.15, 0.2) is 18.3 Å². The van der Waals surface area contributed by atoms with E-state index >= 15 is 4.39 Å². The molecule has 2 aliphatic carbocycles. The topological polar surface area (TPSA) is 118 Å². The molecular weight excluding hydrogens is 524 g/mol. The standard InChI is InChI=1S/C22H23F6N7O3/c1-21(4-5-21)31-20(36)38-15-3-2-11(17(15)23)12-7-16(33-32-12)30-19-14-6-10(9-37-22(26,27)28)34-35(14)8-13(29-19)18(24)25/h6-8,11,15,17-18H,2-5,9H2,1H3,(H,31,36)(H2,29,30,32,33)/t11-,15-,17+/m0/s1. The van der Waals surface area contributed by atoms with Crippen LogP contribution in [0.3, 0.4) is 0 Å². The summed E-state index contributed by atoms with van der Waals surface area (Å²) in [5.74, 6) is -0.707. The highest BCUT2D eigenvalue weighted by molar-refractivity contribution is 5.72. The molecule has 0 spiro atoms. The zero-order valence-corrected chi connectivity index (χ0v) is 19.9. The van der Waals surface area contributed by atoms with Gasteiger partial charge in [0, 0.05) is 23.2 Å². The molecule has 38 heavy (non-hydrogen) atoms. The van der Waals surface area contributed by atoms with Crippen molar-refractivity contribution < 1.29 is 40.6 Å². The number of aromatic amines is 1. The highest BCUT2D eigenvalue weighted by Gasteiger charge is 2.43. The van der Waals surface area contributed by atoms with Crippen molar-refractivity contribution in [1.29, 1.82) is 0 Å². The number of anilines is 2. The molecule has 2 fully saturated rings. The minimum absolute atomic E-state index is 0.0905. The Morgan fingerprint density at radius 1 is 1.29 bits per heavy atom. The van der Waals surface area contributed by atoms with Gasteiger partial charge in [-0.1, -0.05) is 0 Å². The molecule has 3 heterocycles. The summed E-state index contributed by atoms with van der Waals surface area (Å²) in [5.41, 5.74) is -0.672. The van der Waals surface area contributed by atoms with Gasteiger partial charge in [0.1, 0.15) is 30.1 Å². The van der Waals surface area contributed by atoms with E-state index < -0.39 is 49.4 Å². The van der Waals surface area contributed by atoms with E-state index in [1.54, 1.807) is 0 Å². The van der Waals surface area contributed by atoms with Gasteiger partial charge in [-0.05, 0) is 38.7 Å². The molecule has 0 saturated heterocycles. The number of alkyl halides is 6. The van der Waals surface area contributed by atoms with Gasteiger partial charge < -0.3 is 15.4 Å². The molecule has 3 atom stereocenters. The zero-order valence-electron chi connectivity index (χ0n) is 19.9. The second kappa shape index (κ2) is 9.63. The van der Waals surface area contributed by atoms with Crippen LogP contribution in [0.2, 0.25) is 0 Å². The summed E-state index contributed by atoms with van der Waals surface area (Å²) in [4.78, 5) is 15.9. The maximum absolute atomic E-state index is 15.1. The maximum Gasteiger partial charge on any atom is 0.522 e. The number of fused-ring (bicyclic) bond motifs is 1. The fraction of sp³-hybridized carbons (Fsp3) is 0.545. The number of carbonyl (C=O) groups is 1. The Hall–Kier alpha value is -3.56. The lowest BCUT2D eigenvalue weighted by atomic mass is 10.0. The van der Waals surface area contributed by atoms with E-state index in [0.29, 0.717) is 18.5 Å². The quantitative estimate of drug-likeness (QED) is 0.339. The van der Waals surface area contributed by atoms with E-state index in [2.05, 4.69) is 35.7 Å². The number of aromatic nitrogens is 5. The molecule has 2 aliphatic rings. The number of carbonyl (C=O) groups excluding carboxylic acids is 1. The average Bonchev–Trinajstić information content (AvgIpc) is 3.19. The number of ether oxygens (including phenoxy) is 2. The summed E-state index contributed by atoms with van der Waals surface area (Å²) in [7, 11) is 0. The molecular formula is C22H23F6N7O3. The SMILES string of the molecule is CC1(NC(=O)O[C@H]2CC[C@@H](c3cc(Nc4nc(C(F)F)cn5nc(COC(F)(F)F)cc45)n[nH]3)[C@H]2F)CC1. The first-order valence-electron chi connectivity index (χ1n) is 11.7. The molecule has 0 unspecified atom stereocenters. The van der Waals surface area contributed by atoms with Gasteiger partial charge in [-0.3, -0.25) is 9.84 Å². The van der Waals surface area contributed by atoms with E-state index in [-0.39, 0.29) is 28.4 Å². The Morgan fingerprint density at radius 2 is 2.05 bits per heavy atom. The number of hydrogen-bond donors (Lipinski definition) is 3. The lowest BCUT2D eigenvalue weighted by Crippen LogP contribution is -2.38. The molecule has 3 aromatic heterocycles. The summed E-state index contributed by atoms with van der Waals surface area (Å²) in [6.45, 7) is 0.944. The van der Waals surface area contributed by atoms with Crippen LogP contribution in [0.25, 0.3) is 5.52 Å². The monoisotopic (exact) mass is 547 g/mol. The summed E-state index contributed by atoms with van der Waals surface area (Å²) < 4.78 is 89.1. The predicted molar refractivity (Wildman–Crippen MR) is 119 cm³/mol. The Balaban J connectivity index is 1.30. The Labute approximate surface area is 211 Å². The Morgan fingerprint density at radius 3 is 2.74 bits per heavy atom. The van der Waals surface area contributed by atoms with Crippen LogP contribution in [0, 0.1) is 0 Å². The number of nitrogens with one attached hydrogen (secondary N) is 3. The Kier molecular flexibility index (Phi) is 6.61. The van der Waals surface area contributed by atoms with Crippen molar-refractivity contribution in [3.05, 3.63) is 35.4 Å². The first kappa shape index (κ1) is 26.1. The number of nitrogens with zero attached hydrogens (tertiary/aromatic N) is 4. The molecule has 0 radical (unpaired) electrons. The molecule has 0 aliphatic heterocycles. The van der Waals surface area contributed by atoms with Crippen molar-refractivity contribution in [3.8, 4) is 0 Å². The molecule has 5 rings (SSSR count). The van der Waals surface area contributed by atoms with Crippen LogP contribution in [-0.2, 0) is 16.1 Å². The molecule has 2 saturated carbocycles. The first-order valence-corrected chi connectivity index (χ1v) is 11.7. The lowest BCUT2D eigenvalue weighted by molar-refractivity contribution is -0.330. The third kappa shape index (κ3) is 5.79. The van der Waals surface area contributed by atoms with Crippen molar-refractivity contribution in [3.63, 3.8) is 0 Å². The van der Waals surface area contributed by atoms with Crippen molar-refractivity contribution in [1.82, 2.24) is 30.1 Å². The minimum Gasteiger partial charge on any atom is -0.443 e. The number of hydrogen-bond acceptors (Lipinski definition) is 7. The number of amides is 1. The third-order valence-corrected chi connectivity index (χ3v) is 6.54. The predicted octanol–water partition coefficient (Wildman–Crippen LogP) is 5.03. The minimum atomic E-state index is -4.90. The Bertz CT molecular complexity index is 1320. The van der Waals surface area contributed by atoms with Gasteiger partial charge in [-0.25, -0.2) is 27.5 Å². The normalized spacial score (nSPS) is 22.7. The molecule has 1 amide bonds. The van der Waals surface area contributed by atoms with Gasteiger partial charge in [0.25, 0.3) is 6.43 Å². The lowest BCUT2D eigenvalue weighted by Gasteiger charge is -2.19. The van der Waals surface area contributed by atoms with Gasteiger partial charge in [0.15, 0.2) is 11.6 Å². The number of alkyl carbamates (subject to hydrolysis) is 1. The first-order chi connectivity index (χ1) is 17.9. The molecule has 3 aromatic rings. The van der Waals surface area contributed by atoms with Crippen molar-refractivity contribution in [2.24, 2.45) is 0 Å². The molecule has 0 bridgehead atoms. The van der Waals surface area contributed by atoms with E-state index in [4.69, 9.17) is 4.74 Å². The van der Waals surface area contributed by atoms with Gasteiger partial charge in [0.2, 0.25) is 0 Å². The van der Waals surface area contributed by atoms with Crippen molar-refractivity contribution >= 4 is 23.2 Å². The maximum atomic E-state index is 15.1. The van der Waals surface area contributed by atoms with Crippen LogP contribution < -0.4 is 10.6 Å². The molecule has 3 N–H and O–H groups in total. The van der Waals surface area contributed by atoms with Crippen LogP contribution in [0.4, 0.5) is 42.8 Å². The van der Waals surface area contributed by atoms with Crippen LogP contribution in [0.1, 0.15) is 62.0 Å². The van der Waals surface area contributed by atoms with E-state index in [0.717, 1.165) is 23.6 Å². The van der Waals surface area contributed by atoms with E-state index in [9.17, 15) is 26.7 Å². The number of halogens is 6. The van der Waals surface area contributed by atoms with Crippen LogP contribution in [-0.4, -0.2) is 55.1 Å². The van der Waals surface area contributed by atoms with Crippen molar-refractivity contribution in [2.75, 3.05) is 5.32 Å². The smallest absolute Gasteiger partial charge is 0.443 e. The second-order valence-corrected chi connectivity index (χ2v) is 9.61. The largest absolute Gasteiger partial charge is 0.522 e. The zero-order chi connectivity index (χ0) is 27.2. The third-order valence-electron chi connectivity index (χ3n) is 6.54. The fourth-order valence-electron chi connectivity index (χ4n) is 4.29. The number of rotatable bonds is 8. The van der Waals surface area contributed by atoms with Crippen LogP contribution >= 0.6 is 0 Å². The van der Waals surface area contributed by atoms with Gasteiger partial charge in [-0.2, -0.15) is 10.2 Å². The van der Waals surface area contributed by atoms with Gasteiger partial charge in [-0.15, -0.1) is 13.2 Å². The highest BCUT2D eigenvalue weighted by Crippen LogP contribution is 2.39. The summed E-state index contributed by atoms with van der Waals surface area (Å²) in [6, 6.07) is 2.66. The van der Waals surface area contributed by atoms with Crippen molar-refractivity contribution in [2.45, 2.75) is 75.7 Å².